The largest absolute Gasteiger partial charge is 0.451 e. The van der Waals surface area contributed by atoms with Crippen LogP contribution in [0.2, 0.25) is 5.15 Å². The molecule has 4 nitrogen and oxygen atoms in total. The second-order valence-electron chi connectivity index (χ2n) is 7.98. The van der Waals surface area contributed by atoms with Gasteiger partial charge in [0.05, 0.1) is 5.56 Å². The summed E-state index contributed by atoms with van der Waals surface area (Å²) in [7, 11) is 0. The Hall–Kier alpha value is -1.42. The molecule has 128 valence electrons. The summed E-state index contributed by atoms with van der Waals surface area (Å²) in [5, 5.41) is 0.323. The van der Waals surface area contributed by atoms with Crippen molar-refractivity contribution in [3.63, 3.8) is 0 Å². The van der Waals surface area contributed by atoms with Gasteiger partial charge in [0, 0.05) is 11.6 Å². The third kappa shape index (κ3) is 2.75. The molecular formula is C19H22ClNO3. The number of Topliss-reactive ketones (excluding diaryl/α,β-unsaturated/α-hetero) is 1. The number of aromatic nitrogens is 1. The lowest BCUT2D eigenvalue weighted by Crippen LogP contribution is -2.52. The standard InChI is InChI=1S/C19H22ClNO3/c1-11(24-18(23)15-2-3-16(20)21-10-15)17(22)19-7-12-4-13(8-19)6-14(5-12)9-19/h2-3,10-14H,4-9H2,1H3/t11-,12?,13?,14?,19?/m0/s1. The third-order valence-corrected chi connectivity index (χ3v) is 6.40. The van der Waals surface area contributed by atoms with Gasteiger partial charge in [0.1, 0.15) is 5.15 Å². The average Bonchev–Trinajstić information content (AvgIpc) is 2.53. The highest BCUT2D eigenvalue weighted by Crippen LogP contribution is 2.60. The number of carbonyl (C=O) groups is 2. The van der Waals surface area contributed by atoms with Crippen molar-refractivity contribution >= 4 is 23.4 Å². The molecule has 5 heteroatoms. The van der Waals surface area contributed by atoms with E-state index in [0.29, 0.717) is 28.5 Å². The van der Waals surface area contributed by atoms with Crippen molar-refractivity contribution in [1.82, 2.24) is 4.98 Å². The van der Waals surface area contributed by atoms with Crippen LogP contribution in [-0.2, 0) is 9.53 Å². The third-order valence-electron chi connectivity index (χ3n) is 6.18. The number of ether oxygens (including phenoxy) is 1. The molecule has 24 heavy (non-hydrogen) atoms. The van der Waals surface area contributed by atoms with E-state index in [1.54, 1.807) is 19.1 Å². The van der Waals surface area contributed by atoms with Gasteiger partial charge in [-0.25, -0.2) is 9.78 Å². The van der Waals surface area contributed by atoms with Crippen LogP contribution in [0.3, 0.4) is 0 Å². The Balaban J connectivity index is 1.46. The van der Waals surface area contributed by atoms with Crippen LogP contribution in [0.4, 0.5) is 0 Å². The molecule has 4 aliphatic carbocycles. The monoisotopic (exact) mass is 347 g/mol. The molecule has 0 unspecified atom stereocenters. The predicted molar refractivity (Wildman–Crippen MR) is 89.7 cm³/mol. The Morgan fingerprint density at radius 3 is 2.25 bits per heavy atom. The minimum absolute atomic E-state index is 0.122. The molecule has 5 rings (SSSR count). The zero-order chi connectivity index (χ0) is 16.9. The van der Waals surface area contributed by atoms with Crippen LogP contribution >= 0.6 is 11.6 Å². The van der Waals surface area contributed by atoms with E-state index in [9.17, 15) is 9.59 Å². The fourth-order valence-corrected chi connectivity index (χ4v) is 5.73. The van der Waals surface area contributed by atoms with E-state index in [2.05, 4.69) is 4.98 Å². The molecule has 4 fully saturated rings. The SMILES string of the molecule is C[C@H](OC(=O)c1ccc(Cl)nc1)C(=O)C12CC3CC(CC(C3)C1)C2. The molecule has 0 aromatic carbocycles. The molecule has 4 bridgehead atoms. The fraction of sp³-hybridized carbons (Fsp3) is 0.632. The lowest BCUT2D eigenvalue weighted by Gasteiger charge is -2.56. The van der Waals surface area contributed by atoms with Gasteiger partial charge >= 0.3 is 5.97 Å². The molecular weight excluding hydrogens is 326 g/mol. The van der Waals surface area contributed by atoms with Gasteiger partial charge in [0.2, 0.25) is 0 Å². The molecule has 0 N–H and O–H groups in total. The number of hydrogen-bond acceptors (Lipinski definition) is 4. The second kappa shape index (κ2) is 5.83. The number of hydrogen-bond donors (Lipinski definition) is 0. The maximum atomic E-state index is 13.1. The van der Waals surface area contributed by atoms with Crippen molar-refractivity contribution in [2.45, 2.75) is 51.6 Å². The molecule has 0 aliphatic heterocycles. The Kier molecular flexibility index (Phi) is 3.91. The van der Waals surface area contributed by atoms with Crippen molar-refractivity contribution in [2.24, 2.45) is 23.2 Å². The summed E-state index contributed by atoms with van der Waals surface area (Å²) < 4.78 is 5.46. The van der Waals surface area contributed by atoms with Gasteiger partial charge in [-0.1, -0.05) is 11.6 Å². The minimum Gasteiger partial charge on any atom is -0.451 e. The van der Waals surface area contributed by atoms with Gasteiger partial charge in [0.15, 0.2) is 11.9 Å². The molecule has 1 heterocycles. The van der Waals surface area contributed by atoms with Crippen molar-refractivity contribution in [2.75, 3.05) is 0 Å². The summed E-state index contributed by atoms with van der Waals surface area (Å²) in [5.74, 6) is 1.71. The lowest BCUT2D eigenvalue weighted by molar-refractivity contribution is -0.152. The van der Waals surface area contributed by atoms with E-state index in [0.717, 1.165) is 19.3 Å². The number of rotatable bonds is 4. The van der Waals surface area contributed by atoms with Crippen molar-refractivity contribution < 1.29 is 14.3 Å². The number of esters is 1. The molecule has 4 saturated carbocycles. The van der Waals surface area contributed by atoms with E-state index >= 15 is 0 Å². The van der Waals surface area contributed by atoms with Crippen LogP contribution in [0.1, 0.15) is 55.8 Å². The van der Waals surface area contributed by atoms with Crippen LogP contribution in [0.25, 0.3) is 0 Å². The van der Waals surface area contributed by atoms with Gasteiger partial charge in [-0.05, 0) is 75.3 Å². The summed E-state index contributed by atoms with van der Waals surface area (Å²) in [4.78, 5) is 29.2. The first kappa shape index (κ1) is 16.1. The van der Waals surface area contributed by atoms with Gasteiger partial charge < -0.3 is 4.74 Å². The molecule has 4 aliphatic rings. The quantitative estimate of drug-likeness (QED) is 0.608. The molecule has 0 amide bonds. The van der Waals surface area contributed by atoms with Crippen LogP contribution in [0.5, 0.6) is 0 Å². The highest BCUT2D eigenvalue weighted by molar-refractivity contribution is 6.29. The summed E-state index contributed by atoms with van der Waals surface area (Å²) in [5.41, 5.74) is 0.0803. The highest BCUT2D eigenvalue weighted by atomic mass is 35.5. The summed E-state index contributed by atoms with van der Waals surface area (Å²) >= 11 is 5.73. The second-order valence-corrected chi connectivity index (χ2v) is 8.37. The summed E-state index contributed by atoms with van der Waals surface area (Å²) in [6, 6.07) is 3.11. The molecule has 0 saturated heterocycles. The van der Waals surface area contributed by atoms with E-state index in [1.165, 1.54) is 25.5 Å². The highest BCUT2D eigenvalue weighted by Gasteiger charge is 2.55. The van der Waals surface area contributed by atoms with Crippen LogP contribution < -0.4 is 0 Å². The minimum atomic E-state index is -0.704. The van der Waals surface area contributed by atoms with E-state index < -0.39 is 12.1 Å². The van der Waals surface area contributed by atoms with E-state index in [-0.39, 0.29) is 11.2 Å². The smallest absolute Gasteiger partial charge is 0.340 e. The maximum Gasteiger partial charge on any atom is 0.340 e. The van der Waals surface area contributed by atoms with Gasteiger partial charge in [0.25, 0.3) is 0 Å². The van der Waals surface area contributed by atoms with Gasteiger partial charge in [-0.3, -0.25) is 4.79 Å². The molecule has 1 aromatic rings. The lowest BCUT2D eigenvalue weighted by atomic mass is 9.48. The normalized spacial score (nSPS) is 34.8. The average molecular weight is 348 g/mol. The maximum absolute atomic E-state index is 13.1. The first-order valence-electron chi connectivity index (χ1n) is 8.82. The molecule has 0 radical (unpaired) electrons. The van der Waals surface area contributed by atoms with Crippen molar-refractivity contribution in [1.29, 1.82) is 0 Å². The van der Waals surface area contributed by atoms with Crippen LogP contribution in [0, 0.1) is 23.2 Å². The first-order valence-corrected chi connectivity index (χ1v) is 9.20. The number of carbonyl (C=O) groups excluding carboxylic acids is 2. The summed E-state index contributed by atoms with van der Waals surface area (Å²) in [6.45, 7) is 1.71. The van der Waals surface area contributed by atoms with E-state index in [1.807, 2.05) is 0 Å². The fourth-order valence-electron chi connectivity index (χ4n) is 5.62. The number of nitrogens with zero attached hydrogens (tertiary/aromatic N) is 1. The van der Waals surface area contributed by atoms with E-state index in [4.69, 9.17) is 16.3 Å². The number of ketones is 1. The Morgan fingerprint density at radius 2 is 1.75 bits per heavy atom. The van der Waals surface area contributed by atoms with Crippen molar-refractivity contribution in [3.05, 3.63) is 29.0 Å². The summed E-state index contributed by atoms with van der Waals surface area (Å²) in [6.07, 6.45) is 7.51. The van der Waals surface area contributed by atoms with Crippen molar-refractivity contribution in [3.8, 4) is 0 Å². The first-order chi connectivity index (χ1) is 11.4. The Morgan fingerprint density at radius 1 is 1.17 bits per heavy atom. The number of halogens is 1. The predicted octanol–water partition coefficient (Wildman–Crippen LogP) is 4.07. The molecule has 0 spiro atoms. The topological polar surface area (TPSA) is 56.3 Å². The zero-order valence-electron chi connectivity index (χ0n) is 13.8. The Labute approximate surface area is 146 Å². The molecule has 1 atom stereocenters. The van der Waals surface area contributed by atoms with Gasteiger partial charge in [-0.2, -0.15) is 0 Å². The van der Waals surface area contributed by atoms with Crippen LogP contribution in [-0.4, -0.2) is 22.8 Å². The Bertz CT molecular complexity index is 634. The zero-order valence-corrected chi connectivity index (χ0v) is 14.6. The molecule has 1 aromatic heterocycles. The van der Waals surface area contributed by atoms with Gasteiger partial charge in [-0.15, -0.1) is 0 Å². The number of pyridine rings is 1. The van der Waals surface area contributed by atoms with Crippen LogP contribution in [0.15, 0.2) is 18.3 Å².